The van der Waals surface area contributed by atoms with Crippen LogP contribution in [0.3, 0.4) is 0 Å². The van der Waals surface area contributed by atoms with Crippen molar-refractivity contribution in [2.24, 2.45) is 0 Å². The first-order valence-corrected chi connectivity index (χ1v) is 6.19. The van der Waals surface area contributed by atoms with Gasteiger partial charge in [-0.2, -0.15) is 0 Å². The molecule has 1 aromatic carbocycles. The van der Waals surface area contributed by atoms with Gasteiger partial charge in [-0.1, -0.05) is 0 Å². The summed E-state index contributed by atoms with van der Waals surface area (Å²) in [4.78, 5) is 25.2. The van der Waals surface area contributed by atoms with Crippen molar-refractivity contribution in [3.63, 3.8) is 0 Å². The molecule has 0 fully saturated rings. The third-order valence-corrected chi connectivity index (χ3v) is 2.63. The summed E-state index contributed by atoms with van der Waals surface area (Å²) in [5.41, 5.74) is 0.433. The van der Waals surface area contributed by atoms with Gasteiger partial charge in [0.05, 0.1) is 0 Å². The van der Waals surface area contributed by atoms with Crippen LogP contribution in [-0.2, 0) is 4.79 Å². The molecule has 1 amide bonds. The molecule has 0 aliphatic heterocycles. The van der Waals surface area contributed by atoms with Crippen molar-refractivity contribution in [1.29, 1.82) is 0 Å². The van der Waals surface area contributed by atoms with Crippen LogP contribution in [0.4, 0.5) is 4.39 Å². The topological polar surface area (TPSA) is 49.4 Å². The van der Waals surface area contributed by atoms with Gasteiger partial charge in [-0.3, -0.25) is 9.59 Å². The number of hydrogen-bond donors (Lipinski definition) is 1. The van der Waals surface area contributed by atoms with E-state index in [1.807, 2.05) is 19.0 Å². The second kappa shape index (κ2) is 7.63. The Balaban J connectivity index is 2.30. The van der Waals surface area contributed by atoms with Crippen LogP contribution in [0.25, 0.3) is 0 Å². The van der Waals surface area contributed by atoms with Crippen LogP contribution in [0.5, 0.6) is 0 Å². The van der Waals surface area contributed by atoms with Gasteiger partial charge < -0.3 is 10.2 Å². The summed E-state index contributed by atoms with van der Waals surface area (Å²) in [7, 11) is 3.84. The maximum Gasteiger partial charge on any atom is 0.220 e. The van der Waals surface area contributed by atoms with Gasteiger partial charge in [0.25, 0.3) is 0 Å². The molecule has 0 bridgehead atoms. The number of hydrogen-bond acceptors (Lipinski definition) is 3. The number of benzene rings is 1. The average Bonchev–Trinajstić information content (AvgIpc) is 2.36. The first-order chi connectivity index (χ1) is 8.99. The van der Waals surface area contributed by atoms with E-state index >= 15 is 0 Å². The third-order valence-electron chi connectivity index (χ3n) is 2.63. The molecule has 5 heteroatoms. The minimum absolute atomic E-state index is 0.138. The molecule has 1 aromatic rings. The minimum atomic E-state index is -0.377. The predicted octanol–water partition coefficient (Wildman–Crippen LogP) is 1.47. The normalized spacial score (nSPS) is 10.5. The van der Waals surface area contributed by atoms with Gasteiger partial charge in [0.1, 0.15) is 5.82 Å². The molecule has 0 atom stereocenters. The van der Waals surface area contributed by atoms with Gasteiger partial charge in [0, 0.05) is 31.5 Å². The molecule has 0 unspecified atom stereocenters. The second-order valence-electron chi connectivity index (χ2n) is 4.58. The highest BCUT2D eigenvalue weighted by Crippen LogP contribution is 2.07. The molecule has 1 rings (SSSR count). The Labute approximate surface area is 112 Å². The van der Waals surface area contributed by atoms with Gasteiger partial charge in [0.15, 0.2) is 5.78 Å². The van der Waals surface area contributed by atoms with Gasteiger partial charge in [-0.15, -0.1) is 0 Å². The van der Waals surface area contributed by atoms with Crippen molar-refractivity contribution in [3.8, 4) is 0 Å². The molecule has 19 heavy (non-hydrogen) atoms. The fourth-order valence-corrected chi connectivity index (χ4v) is 1.51. The van der Waals surface area contributed by atoms with E-state index in [0.29, 0.717) is 12.1 Å². The van der Waals surface area contributed by atoms with Crippen LogP contribution in [-0.4, -0.2) is 43.8 Å². The SMILES string of the molecule is CN(C)CCNC(=O)CCC(=O)c1ccc(F)cc1. The lowest BCUT2D eigenvalue weighted by Gasteiger charge is -2.10. The second-order valence-corrected chi connectivity index (χ2v) is 4.58. The summed E-state index contributed by atoms with van der Waals surface area (Å²) in [6, 6.07) is 5.35. The lowest BCUT2D eigenvalue weighted by molar-refractivity contribution is -0.121. The quantitative estimate of drug-likeness (QED) is 0.760. The molecule has 0 saturated carbocycles. The van der Waals surface area contributed by atoms with Gasteiger partial charge in [-0.05, 0) is 38.4 Å². The number of nitrogens with zero attached hydrogens (tertiary/aromatic N) is 1. The first-order valence-electron chi connectivity index (χ1n) is 6.19. The fourth-order valence-electron chi connectivity index (χ4n) is 1.51. The van der Waals surface area contributed by atoms with E-state index in [0.717, 1.165) is 6.54 Å². The van der Waals surface area contributed by atoms with Crippen molar-refractivity contribution in [1.82, 2.24) is 10.2 Å². The maximum atomic E-state index is 12.7. The van der Waals surface area contributed by atoms with E-state index in [4.69, 9.17) is 0 Å². The molecular formula is C14H19FN2O2. The minimum Gasteiger partial charge on any atom is -0.355 e. The van der Waals surface area contributed by atoms with E-state index in [1.54, 1.807) is 0 Å². The Morgan fingerprint density at radius 1 is 1.16 bits per heavy atom. The zero-order valence-electron chi connectivity index (χ0n) is 11.3. The molecule has 0 aliphatic carbocycles. The standard InChI is InChI=1S/C14H19FN2O2/c1-17(2)10-9-16-14(19)8-7-13(18)11-3-5-12(15)6-4-11/h3-6H,7-10H2,1-2H3,(H,16,19). The molecule has 0 heterocycles. The van der Waals surface area contributed by atoms with Crippen molar-refractivity contribution in [3.05, 3.63) is 35.6 Å². The van der Waals surface area contributed by atoms with Gasteiger partial charge in [-0.25, -0.2) is 4.39 Å². The van der Waals surface area contributed by atoms with E-state index < -0.39 is 0 Å². The van der Waals surface area contributed by atoms with E-state index in [-0.39, 0.29) is 30.3 Å². The number of ketones is 1. The van der Waals surface area contributed by atoms with Crippen LogP contribution in [0, 0.1) is 5.82 Å². The van der Waals surface area contributed by atoms with Crippen molar-refractivity contribution < 1.29 is 14.0 Å². The van der Waals surface area contributed by atoms with Crippen molar-refractivity contribution >= 4 is 11.7 Å². The molecule has 0 aromatic heterocycles. The molecule has 0 spiro atoms. The van der Waals surface area contributed by atoms with Crippen LogP contribution in [0.1, 0.15) is 23.2 Å². The highest BCUT2D eigenvalue weighted by molar-refractivity contribution is 5.97. The molecule has 104 valence electrons. The van der Waals surface area contributed by atoms with E-state index in [9.17, 15) is 14.0 Å². The first kappa shape index (κ1) is 15.3. The van der Waals surface area contributed by atoms with Crippen molar-refractivity contribution in [2.45, 2.75) is 12.8 Å². The number of Topliss-reactive ketones (excluding diaryl/α,β-unsaturated/α-hetero) is 1. The Hall–Kier alpha value is -1.75. The molecule has 0 saturated heterocycles. The average molecular weight is 266 g/mol. The summed E-state index contributed by atoms with van der Waals surface area (Å²) in [5, 5.41) is 2.74. The third kappa shape index (κ3) is 6.10. The number of carbonyl (C=O) groups excluding carboxylic acids is 2. The molecule has 0 radical (unpaired) electrons. The van der Waals surface area contributed by atoms with Crippen molar-refractivity contribution in [2.75, 3.05) is 27.2 Å². The zero-order chi connectivity index (χ0) is 14.3. The number of nitrogens with one attached hydrogen (secondary N) is 1. The van der Waals surface area contributed by atoms with E-state index in [2.05, 4.69) is 5.32 Å². The number of likely N-dealkylation sites (N-methyl/N-ethyl adjacent to an activating group) is 1. The fraction of sp³-hybridized carbons (Fsp3) is 0.429. The smallest absolute Gasteiger partial charge is 0.220 e. The molecule has 4 nitrogen and oxygen atoms in total. The highest BCUT2D eigenvalue weighted by atomic mass is 19.1. The Morgan fingerprint density at radius 3 is 2.37 bits per heavy atom. The number of amides is 1. The van der Waals surface area contributed by atoms with Crippen LogP contribution in [0.2, 0.25) is 0 Å². The Kier molecular flexibility index (Phi) is 6.15. The number of rotatable bonds is 7. The molecule has 0 aliphatic rings. The summed E-state index contributed by atoms with van der Waals surface area (Å²) in [6.45, 7) is 1.33. The zero-order valence-corrected chi connectivity index (χ0v) is 11.3. The monoisotopic (exact) mass is 266 g/mol. The summed E-state index contributed by atoms with van der Waals surface area (Å²) >= 11 is 0. The summed E-state index contributed by atoms with van der Waals surface area (Å²) in [5.74, 6) is -0.668. The van der Waals surface area contributed by atoms with Gasteiger partial charge in [0.2, 0.25) is 5.91 Å². The summed E-state index contributed by atoms with van der Waals surface area (Å²) < 4.78 is 12.7. The Morgan fingerprint density at radius 2 is 1.79 bits per heavy atom. The number of carbonyl (C=O) groups is 2. The molecule has 1 N–H and O–H groups in total. The maximum absolute atomic E-state index is 12.7. The Bertz CT molecular complexity index is 430. The molecular weight excluding hydrogens is 247 g/mol. The van der Waals surface area contributed by atoms with Gasteiger partial charge >= 0.3 is 0 Å². The van der Waals surface area contributed by atoms with E-state index in [1.165, 1.54) is 24.3 Å². The van der Waals surface area contributed by atoms with Crippen LogP contribution < -0.4 is 5.32 Å². The predicted molar refractivity (Wildman–Crippen MR) is 71.5 cm³/mol. The van der Waals surface area contributed by atoms with Crippen LogP contribution >= 0.6 is 0 Å². The highest BCUT2D eigenvalue weighted by Gasteiger charge is 2.09. The van der Waals surface area contributed by atoms with Crippen LogP contribution in [0.15, 0.2) is 24.3 Å². The summed E-state index contributed by atoms with van der Waals surface area (Å²) in [6.07, 6.45) is 0.295. The lowest BCUT2D eigenvalue weighted by atomic mass is 10.1. The lowest BCUT2D eigenvalue weighted by Crippen LogP contribution is -2.31. The number of halogens is 1. The largest absolute Gasteiger partial charge is 0.355 e.